The van der Waals surface area contributed by atoms with Crippen molar-refractivity contribution in [1.82, 2.24) is 4.23 Å². The molecule has 0 aromatic heterocycles. The third kappa shape index (κ3) is 6.87. The van der Waals surface area contributed by atoms with Crippen molar-refractivity contribution in [1.29, 1.82) is 0 Å². The molecule has 0 heterocycles. The zero-order chi connectivity index (χ0) is 21.7. The number of rotatable bonds is 10. The van der Waals surface area contributed by atoms with Crippen LogP contribution in [0.1, 0.15) is 11.1 Å². The van der Waals surface area contributed by atoms with Crippen molar-refractivity contribution in [3.63, 3.8) is 0 Å². The molecule has 2 rings (SSSR count). The minimum absolute atomic E-state index is 0.717. The van der Waals surface area contributed by atoms with Crippen LogP contribution in [0.2, 0.25) is 39.3 Å². The summed E-state index contributed by atoms with van der Waals surface area (Å²) < 4.78 is 14.7. The Kier molecular flexibility index (Phi) is 8.39. The molecular formula is C23H36NO2Si3. The van der Waals surface area contributed by atoms with Crippen LogP contribution in [0.15, 0.2) is 61.2 Å². The second-order valence-electron chi connectivity index (χ2n) is 9.26. The molecule has 2 aromatic rings. The van der Waals surface area contributed by atoms with E-state index < -0.39 is 25.8 Å². The van der Waals surface area contributed by atoms with Crippen molar-refractivity contribution in [2.75, 3.05) is 20.3 Å². The van der Waals surface area contributed by atoms with E-state index in [-0.39, 0.29) is 0 Å². The molecule has 0 N–H and O–H groups in total. The minimum atomic E-state index is -1.48. The lowest BCUT2D eigenvalue weighted by molar-refractivity contribution is 0.233. The van der Waals surface area contributed by atoms with Crippen molar-refractivity contribution < 1.29 is 8.85 Å². The van der Waals surface area contributed by atoms with E-state index in [0.717, 1.165) is 35.0 Å². The summed E-state index contributed by atoms with van der Waals surface area (Å²) in [7, 11) is -2.45. The predicted octanol–water partition coefficient (Wildman–Crippen LogP) is 5.08. The lowest BCUT2D eigenvalue weighted by Gasteiger charge is -2.43. The Hall–Kier alpha value is -1.29. The molecule has 0 saturated heterocycles. The van der Waals surface area contributed by atoms with E-state index in [9.17, 15) is 0 Å². The first-order valence-electron chi connectivity index (χ1n) is 10.2. The van der Waals surface area contributed by atoms with Crippen molar-refractivity contribution >= 4 is 36.5 Å². The average molecular weight is 443 g/mol. The van der Waals surface area contributed by atoms with Gasteiger partial charge in [0.05, 0.1) is 0 Å². The Morgan fingerprint density at radius 2 is 1.38 bits per heavy atom. The van der Waals surface area contributed by atoms with Crippen LogP contribution in [0.4, 0.5) is 0 Å². The fourth-order valence-corrected chi connectivity index (χ4v) is 14.6. The van der Waals surface area contributed by atoms with Crippen LogP contribution in [0.3, 0.4) is 0 Å². The first-order valence-corrected chi connectivity index (χ1v) is 18.4. The van der Waals surface area contributed by atoms with Gasteiger partial charge >= 0.3 is 9.28 Å². The van der Waals surface area contributed by atoms with E-state index in [0.29, 0.717) is 0 Å². The fraction of sp³-hybridized carbons (Fsp3) is 0.391. The molecule has 0 fully saturated rings. The zero-order valence-corrected chi connectivity index (χ0v) is 22.1. The van der Waals surface area contributed by atoms with Crippen LogP contribution in [-0.2, 0) is 8.85 Å². The van der Waals surface area contributed by atoms with E-state index in [4.69, 9.17) is 8.85 Å². The molecule has 3 nitrogen and oxygen atoms in total. The summed E-state index contributed by atoms with van der Waals surface area (Å²) in [5.41, 5.74) is 3.30. The van der Waals surface area contributed by atoms with Gasteiger partial charge in [-0.2, -0.15) is 0 Å². The van der Waals surface area contributed by atoms with Crippen LogP contribution >= 0.6 is 0 Å². The zero-order valence-electron chi connectivity index (χ0n) is 19.1. The maximum atomic E-state index is 6.24. The van der Waals surface area contributed by atoms with Crippen molar-refractivity contribution in [3.05, 3.63) is 72.3 Å². The lowest BCUT2D eigenvalue weighted by Crippen LogP contribution is -2.60. The lowest BCUT2D eigenvalue weighted by atomic mass is 10.00. The molecule has 0 atom stereocenters. The van der Waals surface area contributed by atoms with Gasteiger partial charge in [-0.3, -0.25) is 0 Å². The van der Waals surface area contributed by atoms with Gasteiger partial charge in [-0.15, -0.1) is 0 Å². The monoisotopic (exact) mass is 442 g/mol. The highest BCUT2D eigenvalue weighted by molar-refractivity contribution is 6.89. The number of hydrogen-bond acceptors (Lipinski definition) is 3. The summed E-state index contributed by atoms with van der Waals surface area (Å²) >= 11 is 0. The van der Waals surface area contributed by atoms with Gasteiger partial charge in [0.25, 0.3) is 0 Å². The number of hydrogen-bond donors (Lipinski definition) is 0. The second kappa shape index (κ2) is 10.1. The van der Waals surface area contributed by atoms with E-state index in [2.05, 4.69) is 86.5 Å². The van der Waals surface area contributed by atoms with E-state index >= 15 is 0 Å². The Labute approximate surface area is 181 Å². The quantitative estimate of drug-likeness (QED) is 0.479. The highest BCUT2D eigenvalue weighted by Crippen LogP contribution is 2.21. The molecule has 0 spiro atoms. The third-order valence-corrected chi connectivity index (χ3v) is 14.3. The predicted molar refractivity (Wildman–Crippen MR) is 133 cm³/mol. The first-order chi connectivity index (χ1) is 13.5. The van der Waals surface area contributed by atoms with Gasteiger partial charge in [0.1, 0.15) is 16.5 Å². The van der Waals surface area contributed by atoms with Crippen molar-refractivity contribution in [2.45, 2.75) is 39.3 Å². The highest BCUT2D eigenvalue weighted by Gasteiger charge is 2.34. The Morgan fingerprint density at radius 3 is 1.86 bits per heavy atom. The van der Waals surface area contributed by atoms with Crippen molar-refractivity contribution in [3.8, 4) is 0 Å². The standard InChI is InChI=1S/C23H36NO2Si3/c1-20(21-12-10-9-11-13-21)22-14-16-23(17-15-22)27(25-2)26-19-18-24(28(3,4)5)29(6,7)8/h9-17H,1,18-19H2,2-8H3. The summed E-state index contributed by atoms with van der Waals surface area (Å²) in [6.45, 7) is 20.5. The number of benzene rings is 2. The maximum Gasteiger partial charge on any atom is 0.423 e. The highest BCUT2D eigenvalue weighted by atomic mass is 28.4. The van der Waals surface area contributed by atoms with Crippen LogP contribution < -0.4 is 5.19 Å². The van der Waals surface area contributed by atoms with Crippen molar-refractivity contribution in [2.24, 2.45) is 0 Å². The van der Waals surface area contributed by atoms with Gasteiger partial charge in [-0.1, -0.05) is 100 Å². The molecule has 2 aromatic carbocycles. The largest absolute Gasteiger partial charge is 0.423 e. The van der Waals surface area contributed by atoms with Crippen LogP contribution in [0, 0.1) is 0 Å². The molecule has 0 unspecified atom stereocenters. The van der Waals surface area contributed by atoms with Gasteiger partial charge in [-0.05, 0) is 21.9 Å². The molecule has 0 amide bonds. The molecule has 0 aliphatic carbocycles. The second-order valence-corrected chi connectivity index (χ2v) is 21.3. The van der Waals surface area contributed by atoms with Gasteiger partial charge in [-0.25, -0.2) is 0 Å². The van der Waals surface area contributed by atoms with Crippen LogP contribution in [0.25, 0.3) is 5.57 Å². The molecule has 29 heavy (non-hydrogen) atoms. The molecule has 6 heteroatoms. The summed E-state index contributed by atoms with van der Waals surface area (Å²) in [5, 5.41) is 1.13. The molecule has 1 radical (unpaired) electrons. The molecule has 0 bridgehead atoms. The van der Waals surface area contributed by atoms with Gasteiger partial charge in [0.2, 0.25) is 0 Å². The normalized spacial score (nSPS) is 12.6. The maximum absolute atomic E-state index is 6.24. The summed E-state index contributed by atoms with van der Waals surface area (Å²) in [5.74, 6) is 0. The first kappa shape index (κ1) is 24.0. The molecule has 0 saturated carbocycles. The van der Waals surface area contributed by atoms with Crippen LogP contribution in [0.5, 0.6) is 0 Å². The van der Waals surface area contributed by atoms with E-state index in [1.54, 1.807) is 7.11 Å². The SMILES string of the molecule is C=C(c1ccccc1)c1ccc([Si](OC)OCCN([Si](C)(C)C)[Si](C)(C)C)cc1. The third-order valence-electron chi connectivity index (χ3n) is 4.94. The molecule has 0 aliphatic heterocycles. The summed E-state index contributed by atoms with van der Waals surface area (Å²) in [6.07, 6.45) is 0. The van der Waals surface area contributed by atoms with Gasteiger partial charge in [0, 0.05) is 20.3 Å². The summed E-state index contributed by atoms with van der Waals surface area (Å²) in [4.78, 5) is 0. The molecule has 157 valence electrons. The van der Waals surface area contributed by atoms with E-state index in [1.165, 1.54) is 0 Å². The van der Waals surface area contributed by atoms with Crippen LogP contribution in [-0.4, -0.2) is 50.2 Å². The smallest absolute Gasteiger partial charge is 0.393 e. The Balaban J connectivity index is 2.02. The Morgan fingerprint density at radius 1 is 0.862 bits per heavy atom. The topological polar surface area (TPSA) is 21.7 Å². The number of nitrogens with zero attached hydrogens (tertiary/aromatic N) is 1. The Bertz CT molecular complexity index is 767. The summed E-state index contributed by atoms with van der Waals surface area (Å²) in [6, 6.07) is 18.8. The minimum Gasteiger partial charge on any atom is -0.393 e. The van der Waals surface area contributed by atoms with E-state index in [1.807, 2.05) is 18.2 Å². The molecular weight excluding hydrogens is 407 g/mol. The molecule has 0 aliphatic rings. The fourth-order valence-electron chi connectivity index (χ4n) is 3.78. The van der Waals surface area contributed by atoms with Gasteiger partial charge in [0.15, 0.2) is 0 Å². The van der Waals surface area contributed by atoms with Gasteiger partial charge < -0.3 is 13.1 Å². The average Bonchev–Trinajstić information content (AvgIpc) is 2.66.